The molecule has 0 bridgehead atoms. The van der Waals surface area contributed by atoms with Gasteiger partial charge in [0.2, 0.25) is 10.0 Å². The minimum atomic E-state index is -4.20. The molecule has 0 amide bonds. The van der Waals surface area contributed by atoms with Crippen LogP contribution in [0, 0.1) is 0 Å². The zero-order valence-electron chi connectivity index (χ0n) is 16.9. The van der Waals surface area contributed by atoms with Gasteiger partial charge in [-0.05, 0) is 20.0 Å². The minimum Gasteiger partial charge on any atom is -0.364 e. The minimum absolute atomic E-state index is 0. The van der Waals surface area contributed by atoms with Gasteiger partial charge in [-0.25, -0.2) is 8.42 Å². The normalized spacial score (nSPS) is 16.6. The van der Waals surface area contributed by atoms with Crippen molar-refractivity contribution in [3.63, 3.8) is 0 Å². The van der Waals surface area contributed by atoms with E-state index in [1.54, 1.807) is 7.05 Å². The van der Waals surface area contributed by atoms with Crippen molar-refractivity contribution < 1.29 is 26.1 Å². The first-order chi connectivity index (χ1) is 13.6. The molecule has 30 heavy (non-hydrogen) atoms. The Morgan fingerprint density at radius 3 is 2.53 bits per heavy atom. The fourth-order valence-corrected chi connectivity index (χ4v) is 4.46. The number of nitrogens with zero attached hydrogens (tertiary/aromatic N) is 5. The molecule has 1 aliphatic rings. The molecule has 1 saturated heterocycles. The lowest BCUT2D eigenvalue weighted by atomic mass is 10.3. The summed E-state index contributed by atoms with van der Waals surface area (Å²) in [6.45, 7) is 1.39. The highest BCUT2D eigenvalue weighted by Crippen LogP contribution is 2.15. The summed E-state index contributed by atoms with van der Waals surface area (Å²) in [7, 11) is -0.433. The Labute approximate surface area is 191 Å². The number of sulfonamides is 1. The molecule has 1 fully saturated rings. The Morgan fingerprint density at radius 1 is 1.33 bits per heavy atom. The molecular weight excluding hydrogens is 540 g/mol. The average Bonchev–Trinajstić information content (AvgIpc) is 3.13. The van der Waals surface area contributed by atoms with Crippen LogP contribution in [-0.2, 0) is 15.8 Å². The van der Waals surface area contributed by atoms with Gasteiger partial charge in [0, 0.05) is 45.8 Å². The molecule has 0 unspecified atom stereocenters. The monoisotopic (exact) mass is 568 g/mol. The number of piperazine rings is 1. The number of halogens is 4. The first kappa shape index (κ1) is 26.9. The van der Waals surface area contributed by atoms with Gasteiger partial charge in [0.1, 0.15) is 12.0 Å². The molecular formula is C16H28F3IN6O3S. The van der Waals surface area contributed by atoms with Gasteiger partial charge in [0.05, 0.1) is 12.2 Å². The topological polar surface area (TPSA) is 94.3 Å². The average molecular weight is 568 g/mol. The number of hydrogen-bond donors (Lipinski definition) is 1. The second-order valence-electron chi connectivity index (χ2n) is 6.81. The number of aromatic nitrogens is 1. The van der Waals surface area contributed by atoms with Crippen molar-refractivity contribution in [1.82, 2.24) is 24.6 Å². The van der Waals surface area contributed by atoms with Crippen LogP contribution in [0.3, 0.4) is 0 Å². The molecule has 1 aromatic heterocycles. The van der Waals surface area contributed by atoms with Crippen molar-refractivity contribution in [2.45, 2.75) is 18.3 Å². The Balaban J connectivity index is 0.00000450. The lowest BCUT2D eigenvalue weighted by Crippen LogP contribution is -2.54. The summed E-state index contributed by atoms with van der Waals surface area (Å²) >= 11 is 0. The second kappa shape index (κ2) is 12.0. The Morgan fingerprint density at radius 2 is 2.00 bits per heavy atom. The van der Waals surface area contributed by atoms with Crippen molar-refractivity contribution in [2.75, 3.05) is 59.9 Å². The van der Waals surface area contributed by atoms with Gasteiger partial charge in [0.15, 0.2) is 5.96 Å². The third-order valence-corrected chi connectivity index (χ3v) is 6.23. The van der Waals surface area contributed by atoms with Gasteiger partial charge in [-0.3, -0.25) is 9.89 Å². The van der Waals surface area contributed by atoms with Crippen LogP contribution in [0.5, 0.6) is 0 Å². The highest BCUT2D eigenvalue weighted by atomic mass is 127. The maximum absolute atomic E-state index is 12.5. The fourth-order valence-electron chi connectivity index (χ4n) is 3.03. The van der Waals surface area contributed by atoms with E-state index in [2.05, 4.69) is 20.0 Å². The van der Waals surface area contributed by atoms with E-state index in [1.165, 1.54) is 28.6 Å². The van der Waals surface area contributed by atoms with E-state index in [9.17, 15) is 21.6 Å². The molecule has 1 aromatic rings. The van der Waals surface area contributed by atoms with Crippen LogP contribution in [0.2, 0.25) is 0 Å². The van der Waals surface area contributed by atoms with Crippen LogP contribution in [0.25, 0.3) is 0 Å². The van der Waals surface area contributed by atoms with Gasteiger partial charge < -0.3 is 14.7 Å². The number of rotatable bonds is 8. The largest absolute Gasteiger partial charge is 0.401 e. The van der Waals surface area contributed by atoms with Crippen molar-refractivity contribution >= 4 is 40.0 Å². The molecule has 174 valence electrons. The molecule has 1 N–H and O–H groups in total. The molecule has 0 saturated carbocycles. The summed E-state index contributed by atoms with van der Waals surface area (Å²) in [5.74, 6) is 0.402. The SMILES string of the molecule is CN=C(NCCCN(C)CC(F)(F)F)N1CCN(S(=O)(=O)Cc2ccon2)CC1.I. The summed E-state index contributed by atoms with van der Waals surface area (Å²) in [4.78, 5) is 7.34. The van der Waals surface area contributed by atoms with Gasteiger partial charge in [0.25, 0.3) is 0 Å². The molecule has 2 rings (SSSR count). The smallest absolute Gasteiger partial charge is 0.364 e. The molecule has 2 heterocycles. The summed E-state index contributed by atoms with van der Waals surface area (Å²) in [5, 5.41) is 6.77. The number of aliphatic imine (C=N–C) groups is 1. The van der Waals surface area contributed by atoms with E-state index in [0.29, 0.717) is 57.3 Å². The number of guanidine groups is 1. The molecule has 14 heteroatoms. The number of nitrogens with one attached hydrogen (secondary N) is 1. The lowest BCUT2D eigenvalue weighted by molar-refractivity contribution is -0.143. The second-order valence-corrected chi connectivity index (χ2v) is 8.78. The molecule has 0 aliphatic carbocycles. The highest BCUT2D eigenvalue weighted by molar-refractivity contribution is 14.0. The van der Waals surface area contributed by atoms with Crippen LogP contribution < -0.4 is 5.32 Å². The molecule has 0 atom stereocenters. The molecule has 1 aliphatic heterocycles. The highest BCUT2D eigenvalue weighted by Gasteiger charge is 2.30. The summed E-state index contributed by atoms with van der Waals surface area (Å²) in [6, 6.07) is 1.52. The standard InChI is InChI=1S/C16H27F3N6O3S.HI/c1-20-15(21-5-3-6-23(2)13-16(17,18)19)24-7-9-25(10-8-24)29(26,27)12-14-4-11-28-22-14;/h4,11H,3,5-10,12-13H2,1-2H3,(H,20,21);1H. The Hall–Kier alpha value is -1.13. The van der Waals surface area contributed by atoms with Crippen LogP contribution >= 0.6 is 24.0 Å². The maximum atomic E-state index is 12.5. The first-order valence-corrected chi connectivity index (χ1v) is 10.8. The zero-order chi connectivity index (χ0) is 21.5. The van der Waals surface area contributed by atoms with Crippen molar-refractivity contribution in [1.29, 1.82) is 0 Å². The van der Waals surface area contributed by atoms with Crippen molar-refractivity contribution in [2.24, 2.45) is 4.99 Å². The van der Waals surface area contributed by atoms with Crippen LogP contribution in [0.4, 0.5) is 13.2 Å². The van der Waals surface area contributed by atoms with E-state index < -0.39 is 22.7 Å². The van der Waals surface area contributed by atoms with E-state index in [1.807, 2.05) is 4.90 Å². The summed E-state index contributed by atoms with van der Waals surface area (Å²) in [5.41, 5.74) is 0.361. The van der Waals surface area contributed by atoms with E-state index in [0.717, 1.165) is 0 Å². The third kappa shape index (κ3) is 8.93. The van der Waals surface area contributed by atoms with Gasteiger partial charge in [-0.15, -0.1) is 24.0 Å². The Bertz CT molecular complexity index is 753. The van der Waals surface area contributed by atoms with E-state index >= 15 is 0 Å². The fraction of sp³-hybridized carbons (Fsp3) is 0.750. The van der Waals surface area contributed by atoms with Gasteiger partial charge in [-0.1, -0.05) is 5.16 Å². The van der Waals surface area contributed by atoms with Crippen LogP contribution in [0.1, 0.15) is 12.1 Å². The summed E-state index contributed by atoms with van der Waals surface area (Å²) in [6.07, 6.45) is -2.34. The van der Waals surface area contributed by atoms with Crippen molar-refractivity contribution in [3.05, 3.63) is 18.0 Å². The zero-order valence-corrected chi connectivity index (χ0v) is 20.1. The lowest BCUT2D eigenvalue weighted by Gasteiger charge is -2.35. The predicted octanol–water partition coefficient (Wildman–Crippen LogP) is 1.20. The number of hydrogen-bond acceptors (Lipinski definition) is 6. The number of alkyl halides is 3. The Kier molecular flexibility index (Phi) is 10.8. The predicted molar refractivity (Wildman–Crippen MR) is 117 cm³/mol. The van der Waals surface area contributed by atoms with Gasteiger partial charge in [-0.2, -0.15) is 17.5 Å². The third-order valence-electron chi connectivity index (χ3n) is 4.41. The maximum Gasteiger partial charge on any atom is 0.401 e. The van der Waals surface area contributed by atoms with Crippen LogP contribution in [0.15, 0.2) is 21.8 Å². The van der Waals surface area contributed by atoms with E-state index in [-0.39, 0.29) is 29.7 Å². The van der Waals surface area contributed by atoms with E-state index in [4.69, 9.17) is 0 Å². The quantitative estimate of drug-likeness (QED) is 0.218. The molecule has 0 aromatic carbocycles. The van der Waals surface area contributed by atoms with Crippen LogP contribution in [-0.4, -0.2) is 99.7 Å². The van der Waals surface area contributed by atoms with Gasteiger partial charge >= 0.3 is 6.18 Å². The first-order valence-electron chi connectivity index (χ1n) is 9.19. The summed E-state index contributed by atoms with van der Waals surface area (Å²) < 4.78 is 68.0. The van der Waals surface area contributed by atoms with Crippen molar-refractivity contribution in [3.8, 4) is 0 Å². The molecule has 0 spiro atoms. The molecule has 9 nitrogen and oxygen atoms in total. The molecule has 0 radical (unpaired) electrons.